The second kappa shape index (κ2) is 7.57. The van der Waals surface area contributed by atoms with Gasteiger partial charge in [0.25, 0.3) is 0 Å². The molecule has 1 unspecified atom stereocenters. The monoisotopic (exact) mass is 355 g/mol. The standard InChI is InChI=1S/C22H33NOSi/c1-22(2,3)23(4)25(24)16-21-19(14-17-10-6-5-7-11-17)15-18-12-8-9-13-20(18)21/h8-9,12-13,15,17,21H,5-7,10-11,14,16H2,1-4H3. The first-order valence-electron chi connectivity index (χ1n) is 9.92. The van der Waals surface area contributed by atoms with Crippen molar-refractivity contribution in [3.8, 4) is 0 Å². The first kappa shape index (κ1) is 18.6. The molecule has 0 amide bonds. The minimum absolute atomic E-state index is 0.0403. The number of nitrogens with zero attached hydrogens (tertiary/aromatic N) is 1. The van der Waals surface area contributed by atoms with Crippen LogP contribution < -0.4 is 0 Å². The maximum atomic E-state index is 13.1. The molecule has 1 saturated carbocycles. The molecule has 3 heteroatoms. The molecule has 0 saturated heterocycles. The van der Waals surface area contributed by atoms with Crippen LogP contribution in [-0.2, 0) is 4.46 Å². The van der Waals surface area contributed by atoms with Crippen molar-refractivity contribution in [1.29, 1.82) is 0 Å². The summed E-state index contributed by atoms with van der Waals surface area (Å²) in [5, 5.41) is 0. The molecular weight excluding hydrogens is 322 g/mol. The quantitative estimate of drug-likeness (QED) is 0.623. The third kappa shape index (κ3) is 4.31. The average Bonchev–Trinajstić information content (AvgIpc) is 2.91. The second-order valence-electron chi connectivity index (χ2n) is 8.94. The molecule has 0 aliphatic heterocycles. The van der Waals surface area contributed by atoms with Gasteiger partial charge in [0.2, 0.25) is 0 Å². The lowest BCUT2D eigenvalue weighted by Crippen LogP contribution is -2.44. The van der Waals surface area contributed by atoms with Gasteiger partial charge in [-0.05, 0) is 44.2 Å². The van der Waals surface area contributed by atoms with E-state index in [9.17, 15) is 4.46 Å². The fourth-order valence-corrected chi connectivity index (χ4v) is 6.17. The number of hydrogen-bond acceptors (Lipinski definition) is 1. The Morgan fingerprint density at radius 2 is 1.80 bits per heavy atom. The minimum atomic E-state index is -1.78. The summed E-state index contributed by atoms with van der Waals surface area (Å²) in [6.07, 6.45) is 10.5. The molecule has 2 aliphatic carbocycles. The topological polar surface area (TPSA) is 20.3 Å². The maximum absolute atomic E-state index is 13.1. The molecule has 0 radical (unpaired) electrons. The van der Waals surface area contributed by atoms with Gasteiger partial charge in [-0.25, -0.2) is 0 Å². The van der Waals surface area contributed by atoms with Crippen LogP contribution in [0.1, 0.15) is 76.3 Å². The molecule has 0 bridgehead atoms. The Hall–Kier alpha value is -1.22. The SMILES string of the molecule is CN([Si](=O)CC1C(CC2CCCCC2)=Cc2ccccc21)C(C)(C)C. The molecule has 0 spiro atoms. The van der Waals surface area contributed by atoms with Crippen LogP contribution in [0.15, 0.2) is 29.8 Å². The second-order valence-corrected chi connectivity index (χ2v) is 10.8. The van der Waals surface area contributed by atoms with E-state index in [2.05, 4.69) is 55.7 Å². The lowest BCUT2D eigenvalue weighted by Gasteiger charge is -2.33. The zero-order chi connectivity index (χ0) is 18.0. The van der Waals surface area contributed by atoms with Gasteiger partial charge in [-0.3, -0.25) is 0 Å². The average molecular weight is 356 g/mol. The van der Waals surface area contributed by atoms with E-state index in [0.717, 1.165) is 12.0 Å². The highest BCUT2D eigenvalue weighted by molar-refractivity contribution is 6.40. The van der Waals surface area contributed by atoms with Crippen molar-refractivity contribution < 1.29 is 4.46 Å². The summed E-state index contributed by atoms with van der Waals surface area (Å²) in [5.41, 5.74) is 4.25. The Kier molecular flexibility index (Phi) is 5.62. The van der Waals surface area contributed by atoms with Crippen molar-refractivity contribution in [1.82, 2.24) is 4.57 Å². The van der Waals surface area contributed by atoms with Crippen molar-refractivity contribution in [3.63, 3.8) is 0 Å². The van der Waals surface area contributed by atoms with Gasteiger partial charge in [0.15, 0.2) is 0 Å². The number of benzene rings is 1. The molecule has 3 rings (SSSR count). The normalized spacial score (nSPS) is 21.0. The van der Waals surface area contributed by atoms with E-state index in [1.807, 2.05) is 7.05 Å². The summed E-state index contributed by atoms with van der Waals surface area (Å²) in [7, 11) is 0.241. The highest BCUT2D eigenvalue weighted by Crippen LogP contribution is 2.44. The highest BCUT2D eigenvalue weighted by atomic mass is 28.3. The van der Waals surface area contributed by atoms with E-state index in [1.165, 1.54) is 55.2 Å². The van der Waals surface area contributed by atoms with Gasteiger partial charge in [0.05, 0.1) is 0 Å². The van der Waals surface area contributed by atoms with E-state index < -0.39 is 8.84 Å². The van der Waals surface area contributed by atoms with Crippen molar-refractivity contribution >= 4 is 14.9 Å². The molecule has 136 valence electrons. The van der Waals surface area contributed by atoms with Gasteiger partial charge in [0, 0.05) is 24.5 Å². The van der Waals surface area contributed by atoms with Crippen LogP contribution in [0.4, 0.5) is 0 Å². The van der Waals surface area contributed by atoms with Crippen LogP contribution in [0, 0.1) is 5.92 Å². The third-order valence-electron chi connectivity index (χ3n) is 6.17. The highest BCUT2D eigenvalue weighted by Gasteiger charge is 2.33. The number of rotatable bonds is 5. The van der Waals surface area contributed by atoms with E-state index in [-0.39, 0.29) is 5.54 Å². The predicted octanol–water partition coefficient (Wildman–Crippen LogP) is 5.79. The molecule has 2 nitrogen and oxygen atoms in total. The number of fused-ring (bicyclic) bond motifs is 1. The lowest BCUT2D eigenvalue weighted by atomic mass is 9.82. The molecule has 1 fully saturated rings. The number of allylic oxidation sites excluding steroid dienone is 1. The van der Waals surface area contributed by atoms with Crippen LogP contribution in [0.2, 0.25) is 6.04 Å². The lowest BCUT2D eigenvalue weighted by molar-refractivity contribution is 0.272. The molecule has 1 aromatic rings. The van der Waals surface area contributed by atoms with Gasteiger partial charge < -0.3 is 9.03 Å². The molecule has 1 aromatic carbocycles. The van der Waals surface area contributed by atoms with Crippen LogP contribution >= 0.6 is 0 Å². The maximum Gasteiger partial charge on any atom is 0.395 e. The first-order chi connectivity index (χ1) is 11.9. The smallest absolute Gasteiger partial charge is 0.375 e. The predicted molar refractivity (Wildman–Crippen MR) is 107 cm³/mol. The molecule has 25 heavy (non-hydrogen) atoms. The van der Waals surface area contributed by atoms with Crippen molar-refractivity contribution in [2.24, 2.45) is 5.92 Å². The molecular formula is C22H33NOSi. The Labute approximate surface area is 155 Å². The largest absolute Gasteiger partial charge is 0.395 e. The van der Waals surface area contributed by atoms with Crippen molar-refractivity contribution in [2.45, 2.75) is 76.8 Å². The molecule has 0 aromatic heterocycles. The van der Waals surface area contributed by atoms with E-state index in [0.29, 0.717) is 5.92 Å². The van der Waals surface area contributed by atoms with Gasteiger partial charge in [-0.1, -0.05) is 68.0 Å². The molecule has 0 N–H and O–H groups in total. The van der Waals surface area contributed by atoms with Crippen LogP contribution in [0.5, 0.6) is 0 Å². The summed E-state index contributed by atoms with van der Waals surface area (Å²) >= 11 is 0. The Balaban J connectivity index is 1.78. The van der Waals surface area contributed by atoms with E-state index in [4.69, 9.17) is 0 Å². The van der Waals surface area contributed by atoms with Crippen LogP contribution in [-0.4, -0.2) is 26.0 Å². The number of hydrogen-bond donors (Lipinski definition) is 0. The van der Waals surface area contributed by atoms with Crippen molar-refractivity contribution in [3.05, 3.63) is 41.0 Å². The molecule has 2 aliphatic rings. The minimum Gasteiger partial charge on any atom is -0.375 e. The first-order valence-corrected chi connectivity index (χ1v) is 11.5. The van der Waals surface area contributed by atoms with Crippen LogP contribution in [0.25, 0.3) is 6.08 Å². The van der Waals surface area contributed by atoms with Gasteiger partial charge in [-0.15, -0.1) is 0 Å². The van der Waals surface area contributed by atoms with Gasteiger partial charge >= 0.3 is 8.84 Å². The Bertz CT molecular complexity index is 652. The van der Waals surface area contributed by atoms with E-state index in [1.54, 1.807) is 0 Å². The van der Waals surface area contributed by atoms with E-state index >= 15 is 0 Å². The zero-order valence-electron chi connectivity index (χ0n) is 16.3. The molecule has 1 atom stereocenters. The molecule has 0 heterocycles. The summed E-state index contributed by atoms with van der Waals surface area (Å²) in [4.78, 5) is 0. The Morgan fingerprint density at radius 3 is 2.48 bits per heavy atom. The fraction of sp³-hybridized carbons (Fsp3) is 0.636. The third-order valence-corrected chi connectivity index (χ3v) is 8.34. The summed E-state index contributed by atoms with van der Waals surface area (Å²) in [6.45, 7) is 6.45. The fourth-order valence-electron chi connectivity index (χ4n) is 4.31. The summed E-state index contributed by atoms with van der Waals surface area (Å²) < 4.78 is 15.2. The summed E-state index contributed by atoms with van der Waals surface area (Å²) in [6, 6.07) is 9.51. The van der Waals surface area contributed by atoms with Crippen LogP contribution in [0.3, 0.4) is 0 Å². The van der Waals surface area contributed by atoms with Crippen molar-refractivity contribution in [2.75, 3.05) is 7.05 Å². The summed E-state index contributed by atoms with van der Waals surface area (Å²) in [5.74, 6) is 1.19. The zero-order valence-corrected chi connectivity index (χ0v) is 17.3. The Morgan fingerprint density at radius 1 is 1.12 bits per heavy atom. The van der Waals surface area contributed by atoms with Gasteiger partial charge in [0.1, 0.15) is 0 Å². The van der Waals surface area contributed by atoms with Gasteiger partial charge in [-0.2, -0.15) is 0 Å².